The van der Waals surface area contributed by atoms with E-state index >= 15 is 0 Å². The minimum Gasteiger partial charge on any atom is -0.338 e. The van der Waals surface area contributed by atoms with Gasteiger partial charge < -0.3 is 15.1 Å². The first kappa shape index (κ1) is 17.0. The Kier molecular flexibility index (Phi) is 4.63. The Hall–Kier alpha value is -2.41. The highest BCUT2D eigenvalue weighted by Gasteiger charge is 2.34. The van der Waals surface area contributed by atoms with Crippen LogP contribution in [0.2, 0.25) is 0 Å². The third kappa shape index (κ3) is 3.19. The summed E-state index contributed by atoms with van der Waals surface area (Å²) in [6.07, 6.45) is 3.46. The van der Waals surface area contributed by atoms with E-state index in [1.54, 1.807) is 6.20 Å². The van der Waals surface area contributed by atoms with E-state index in [1.165, 1.54) is 0 Å². The first-order chi connectivity index (χ1) is 12.6. The summed E-state index contributed by atoms with van der Waals surface area (Å²) in [7, 11) is 0. The number of rotatable bonds is 2. The molecule has 0 aliphatic carbocycles. The van der Waals surface area contributed by atoms with Gasteiger partial charge in [-0.25, -0.2) is 0 Å². The van der Waals surface area contributed by atoms with Gasteiger partial charge >= 0.3 is 0 Å². The predicted octanol–water partition coefficient (Wildman–Crippen LogP) is 1.24. The Balaban J connectivity index is 1.47. The highest BCUT2D eigenvalue weighted by atomic mass is 16.2. The first-order valence-corrected chi connectivity index (χ1v) is 9.37. The van der Waals surface area contributed by atoms with E-state index < -0.39 is 0 Å². The van der Waals surface area contributed by atoms with E-state index in [2.05, 4.69) is 22.4 Å². The van der Waals surface area contributed by atoms with Gasteiger partial charge in [-0.3, -0.25) is 14.7 Å². The van der Waals surface area contributed by atoms with Crippen molar-refractivity contribution >= 4 is 22.7 Å². The van der Waals surface area contributed by atoms with Crippen LogP contribution in [0.3, 0.4) is 0 Å². The standard InChI is InChI=1S/C19H25N5O2/c1-13-10-20-6-8-24(13)19(26)15-3-2-7-23(12-15)18(25)14-4-5-17-16(9-14)11-21-22-17/h4-5,9,11,13,15,20H,2-3,6-8,10,12H2,1H3,(H,21,22). The predicted molar refractivity (Wildman–Crippen MR) is 98.8 cm³/mol. The van der Waals surface area contributed by atoms with Crippen molar-refractivity contribution in [2.24, 2.45) is 5.92 Å². The van der Waals surface area contributed by atoms with Crippen LogP contribution >= 0.6 is 0 Å². The Morgan fingerprint density at radius 1 is 1.27 bits per heavy atom. The van der Waals surface area contributed by atoms with Gasteiger partial charge in [0.05, 0.1) is 17.6 Å². The maximum absolute atomic E-state index is 13.0. The van der Waals surface area contributed by atoms with Crippen molar-refractivity contribution in [2.75, 3.05) is 32.7 Å². The summed E-state index contributed by atoms with van der Waals surface area (Å²) in [5, 5.41) is 11.1. The molecular formula is C19H25N5O2. The third-order valence-electron chi connectivity index (χ3n) is 5.53. The lowest BCUT2D eigenvalue weighted by molar-refractivity contribution is -0.139. The number of aromatic nitrogens is 2. The van der Waals surface area contributed by atoms with Crippen molar-refractivity contribution in [1.82, 2.24) is 25.3 Å². The zero-order chi connectivity index (χ0) is 18.1. The van der Waals surface area contributed by atoms with Crippen molar-refractivity contribution < 1.29 is 9.59 Å². The number of H-pyrrole nitrogens is 1. The average molecular weight is 355 g/mol. The molecule has 1 aromatic carbocycles. The summed E-state index contributed by atoms with van der Waals surface area (Å²) < 4.78 is 0. The molecule has 2 fully saturated rings. The normalized spacial score (nSPS) is 24.0. The molecule has 0 saturated carbocycles. The van der Waals surface area contributed by atoms with Gasteiger partial charge in [-0.1, -0.05) is 0 Å². The van der Waals surface area contributed by atoms with Crippen molar-refractivity contribution in [1.29, 1.82) is 0 Å². The molecular weight excluding hydrogens is 330 g/mol. The maximum atomic E-state index is 13.0. The summed E-state index contributed by atoms with van der Waals surface area (Å²) >= 11 is 0. The smallest absolute Gasteiger partial charge is 0.253 e. The fourth-order valence-corrected chi connectivity index (χ4v) is 4.02. The maximum Gasteiger partial charge on any atom is 0.253 e. The number of piperazine rings is 1. The molecule has 3 heterocycles. The first-order valence-electron chi connectivity index (χ1n) is 9.37. The number of nitrogens with one attached hydrogen (secondary N) is 2. The van der Waals surface area contributed by atoms with Crippen LogP contribution in [-0.2, 0) is 4.79 Å². The number of amides is 2. The van der Waals surface area contributed by atoms with E-state index in [4.69, 9.17) is 0 Å². The van der Waals surface area contributed by atoms with Gasteiger partial charge in [-0.15, -0.1) is 0 Å². The van der Waals surface area contributed by atoms with Gasteiger partial charge in [0.25, 0.3) is 5.91 Å². The van der Waals surface area contributed by atoms with Crippen LogP contribution in [0.25, 0.3) is 10.9 Å². The minimum absolute atomic E-state index is 0.000964. The number of nitrogens with zero attached hydrogens (tertiary/aromatic N) is 3. The highest BCUT2D eigenvalue weighted by molar-refractivity contribution is 5.98. The molecule has 0 spiro atoms. The summed E-state index contributed by atoms with van der Waals surface area (Å²) in [4.78, 5) is 29.7. The number of hydrogen-bond donors (Lipinski definition) is 2. The number of carbonyl (C=O) groups is 2. The van der Waals surface area contributed by atoms with Crippen molar-refractivity contribution in [3.63, 3.8) is 0 Å². The molecule has 1 aromatic heterocycles. The summed E-state index contributed by atoms with van der Waals surface area (Å²) in [5.41, 5.74) is 1.57. The fourth-order valence-electron chi connectivity index (χ4n) is 4.02. The topological polar surface area (TPSA) is 81.3 Å². The molecule has 7 heteroatoms. The molecule has 4 rings (SSSR count). The Morgan fingerprint density at radius 2 is 2.15 bits per heavy atom. The van der Waals surface area contributed by atoms with Crippen LogP contribution in [0.15, 0.2) is 24.4 Å². The second-order valence-corrected chi connectivity index (χ2v) is 7.35. The lowest BCUT2D eigenvalue weighted by atomic mass is 9.95. The Morgan fingerprint density at radius 3 is 3.00 bits per heavy atom. The Bertz CT molecular complexity index is 817. The molecule has 2 amide bonds. The number of piperidine rings is 1. The summed E-state index contributed by atoms with van der Waals surface area (Å²) in [6.45, 7) is 5.74. The van der Waals surface area contributed by atoms with E-state index in [0.717, 1.165) is 43.4 Å². The summed E-state index contributed by atoms with van der Waals surface area (Å²) in [5.74, 6) is 0.103. The number of hydrogen-bond acceptors (Lipinski definition) is 4. The molecule has 2 unspecified atom stereocenters. The zero-order valence-corrected chi connectivity index (χ0v) is 15.1. The van der Waals surface area contributed by atoms with Crippen LogP contribution in [0.5, 0.6) is 0 Å². The van der Waals surface area contributed by atoms with E-state index in [9.17, 15) is 9.59 Å². The molecule has 2 aromatic rings. The van der Waals surface area contributed by atoms with Crippen LogP contribution in [-0.4, -0.2) is 70.6 Å². The molecule has 0 bridgehead atoms. The van der Waals surface area contributed by atoms with Gasteiger partial charge in [0.15, 0.2) is 0 Å². The molecule has 0 radical (unpaired) electrons. The van der Waals surface area contributed by atoms with Crippen LogP contribution in [0.1, 0.15) is 30.1 Å². The van der Waals surface area contributed by atoms with Crippen LogP contribution < -0.4 is 5.32 Å². The van der Waals surface area contributed by atoms with Gasteiger partial charge in [0.1, 0.15) is 0 Å². The Labute approximate surface area is 152 Å². The minimum atomic E-state index is -0.0918. The summed E-state index contributed by atoms with van der Waals surface area (Å²) in [6, 6.07) is 5.79. The molecule has 138 valence electrons. The number of aromatic amines is 1. The highest BCUT2D eigenvalue weighted by Crippen LogP contribution is 2.23. The lowest BCUT2D eigenvalue weighted by Crippen LogP contribution is -2.55. The van der Waals surface area contributed by atoms with E-state index in [1.807, 2.05) is 28.0 Å². The lowest BCUT2D eigenvalue weighted by Gasteiger charge is -2.39. The van der Waals surface area contributed by atoms with Gasteiger partial charge in [0, 0.05) is 49.7 Å². The third-order valence-corrected chi connectivity index (χ3v) is 5.53. The molecule has 7 nitrogen and oxygen atoms in total. The van der Waals surface area contributed by atoms with E-state index in [0.29, 0.717) is 18.7 Å². The molecule has 26 heavy (non-hydrogen) atoms. The van der Waals surface area contributed by atoms with Crippen LogP contribution in [0.4, 0.5) is 0 Å². The monoisotopic (exact) mass is 355 g/mol. The fraction of sp³-hybridized carbons (Fsp3) is 0.526. The molecule has 2 aliphatic rings. The quantitative estimate of drug-likeness (QED) is 0.849. The molecule has 2 atom stereocenters. The van der Waals surface area contributed by atoms with Gasteiger partial charge in [0.2, 0.25) is 5.91 Å². The van der Waals surface area contributed by atoms with E-state index in [-0.39, 0.29) is 23.8 Å². The van der Waals surface area contributed by atoms with Crippen molar-refractivity contribution in [3.8, 4) is 0 Å². The largest absolute Gasteiger partial charge is 0.338 e. The average Bonchev–Trinajstić information content (AvgIpc) is 3.15. The zero-order valence-electron chi connectivity index (χ0n) is 15.1. The molecule has 2 N–H and O–H groups in total. The van der Waals surface area contributed by atoms with Crippen molar-refractivity contribution in [3.05, 3.63) is 30.0 Å². The molecule has 2 aliphatic heterocycles. The number of carbonyl (C=O) groups excluding carboxylic acids is 2. The van der Waals surface area contributed by atoms with Crippen molar-refractivity contribution in [2.45, 2.75) is 25.8 Å². The number of fused-ring (bicyclic) bond motifs is 1. The SMILES string of the molecule is CC1CNCCN1C(=O)C1CCCN(C(=O)c2ccc3[nH]ncc3c2)C1. The van der Waals surface area contributed by atoms with Gasteiger partial charge in [-0.05, 0) is 38.0 Å². The number of benzene rings is 1. The second-order valence-electron chi connectivity index (χ2n) is 7.35. The molecule has 2 saturated heterocycles. The van der Waals surface area contributed by atoms with Crippen LogP contribution in [0, 0.1) is 5.92 Å². The van der Waals surface area contributed by atoms with Gasteiger partial charge in [-0.2, -0.15) is 5.10 Å². The second kappa shape index (κ2) is 7.07. The number of likely N-dealkylation sites (tertiary alicyclic amines) is 1.